The van der Waals surface area contributed by atoms with Gasteiger partial charge in [-0.3, -0.25) is 4.79 Å². The van der Waals surface area contributed by atoms with Crippen LogP contribution in [0.25, 0.3) is 0 Å². The highest BCUT2D eigenvalue weighted by molar-refractivity contribution is 5.80. The van der Waals surface area contributed by atoms with Crippen molar-refractivity contribution in [1.82, 2.24) is 4.90 Å². The highest BCUT2D eigenvalue weighted by atomic mass is 16.3. The molecular formula is C15H26N2O2. The molecule has 0 aromatic rings. The van der Waals surface area contributed by atoms with E-state index in [1.54, 1.807) is 0 Å². The Kier molecular flexibility index (Phi) is 3.56. The summed E-state index contributed by atoms with van der Waals surface area (Å²) in [7, 11) is 0. The lowest BCUT2D eigenvalue weighted by molar-refractivity contribution is -0.144. The number of rotatable bonds is 1. The Morgan fingerprint density at radius 3 is 2.37 bits per heavy atom. The summed E-state index contributed by atoms with van der Waals surface area (Å²) in [6.07, 6.45) is 6.46. The van der Waals surface area contributed by atoms with Gasteiger partial charge in [-0.1, -0.05) is 6.92 Å². The molecule has 0 radical (unpaired) electrons. The average Bonchev–Trinajstić information content (AvgIpc) is 2.64. The summed E-state index contributed by atoms with van der Waals surface area (Å²) < 4.78 is 0. The second-order valence-electron chi connectivity index (χ2n) is 6.91. The van der Waals surface area contributed by atoms with Gasteiger partial charge in [-0.15, -0.1) is 0 Å². The van der Waals surface area contributed by atoms with E-state index in [0.717, 1.165) is 44.9 Å². The number of aliphatic hydroxyl groups is 1. The molecule has 2 aliphatic heterocycles. The number of hydrogen-bond donors (Lipinski definition) is 2. The van der Waals surface area contributed by atoms with Gasteiger partial charge in [-0.2, -0.15) is 0 Å². The number of nitrogens with two attached hydrogens (primary N) is 1. The second-order valence-corrected chi connectivity index (χ2v) is 6.91. The molecule has 3 rings (SSSR count). The van der Waals surface area contributed by atoms with Crippen molar-refractivity contribution < 1.29 is 9.90 Å². The number of carbonyl (C=O) groups excluding carboxylic acids is 1. The summed E-state index contributed by atoms with van der Waals surface area (Å²) in [6, 6.07) is 0.761. The minimum absolute atomic E-state index is 0.113. The first-order valence-electron chi connectivity index (χ1n) is 7.82. The van der Waals surface area contributed by atoms with Gasteiger partial charge in [0, 0.05) is 24.0 Å². The molecule has 2 saturated heterocycles. The van der Waals surface area contributed by atoms with Crippen LogP contribution in [0.1, 0.15) is 51.9 Å². The molecule has 19 heavy (non-hydrogen) atoms. The van der Waals surface area contributed by atoms with E-state index < -0.39 is 0 Å². The molecule has 4 heteroatoms. The molecule has 1 aliphatic carbocycles. The molecule has 2 bridgehead atoms. The van der Waals surface area contributed by atoms with Crippen LogP contribution < -0.4 is 5.73 Å². The van der Waals surface area contributed by atoms with Crippen LogP contribution in [0, 0.1) is 11.8 Å². The number of hydrogen-bond acceptors (Lipinski definition) is 3. The zero-order chi connectivity index (χ0) is 13.6. The number of carbonyl (C=O) groups is 1. The Bertz CT molecular complexity index is 346. The zero-order valence-electron chi connectivity index (χ0n) is 11.8. The highest BCUT2D eigenvalue weighted by Gasteiger charge is 2.45. The van der Waals surface area contributed by atoms with Crippen molar-refractivity contribution in [2.24, 2.45) is 17.6 Å². The maximum absolute atomic E-state index is 12.9. The van der Waals surface area contributed by atoms with Gasteiger partial charge in [0.15, 0.2) is 0 Å². The quantitative estimate of drug-likeness (QED) is 0.751. The number of nitrogens with zero attached hydrogens (tertiary/aromatic N) is 1. The van der Waals surface area contributed by atoms with E-state index in [1.807, 2.05) is 0 Å². The number of amides is 1. The second kappa shape index (κ2) is 5.06. The van der Waals surface area contributed by atoms with E-state index in [0.29, 0.717) is 11.8 Å². The van der Waals surface area contributed by atoms with E-state index in [1.165, 1.54) is 0 Å². The Labute approximate surface area is 115 Å². The molecule has 5 atom stereocenters. The first-order chi connectivity index (χ1) is 9.06. The molecule has 0 spiro atoms. The van der Waals surface area contributed by atoms with Crippen LogP contribution in [0.2, 0.25) is 0 Å². The first kappa shape index (κ1) is 13.4. The van der Waals surface area contributed by atoms with Crippen molar-refractivity contribution in [2.45, 2.75) is 76.1 Å². The van der Waals surface area contributed by atoms with Crippen molar-refractivity contribution >= 4 is 5.91 Å². The molecule has 108 valence electrons. The molecule has 5 unspecified atom stereocenters. The van der Waals surface area contributed by atoms with Gasteiger partial charge in [0.05, 0.1) is 6.10 Å². The normalized spacial score (nSPS) is 46.4. The lowest BCUT2D eigenvalue weighted by Crippen LogP contribution is -2.52. The molecule has 2 heterocycles. The van der Waals surface area contributed by atoms with Gasteiger partial charge in [-0.25, -0.2) is 0 Å². The van der Waals surface area contributed by atoms with E-state index in [-0.39, 0.29) is 30.1 Å². The highest BCUT2D eigenvalue weighted by Crippen LogP contribution is 2.39. The van der Waals surface area contributed by atoms with Gasteiger partial charge in [0.25, 0.3) is 0 Å². The molecule has 0 aromatic carbocycles. The van der Waals surface area contributed by atoms with Gasteiger partial charge < -0.3 is 15.7 Å². The average molecular weight is 266 g/mol. The van der Waals surface area contributed by atoms with Crippen LogP contribution in [0.3, 0.4) is 0 Å². The van der Waals surface area contributed by atoms with E-state index in [2.05, 4.69) is 11.8 Å². The summed E-state index contributed by atoms with van der Waals surface area (Å²) in [5.41, 5.74) is 6.05. The molecule has 0 aromatic heterocycles. The van der Waals surface area contributed by atoms with Gasteiger partial charge in [0.1, 0.15) is 0 Å². The maximum atomic E-state index is 12.9. The third-order valence-corrected chi connectivity index (χ3v) is 5.52. The fourth-order valence-electron chi connectivity index (χ4n) is 4.40. The Hall–Kier alpha value is -0.610. The molecular weight excluding hydrogens is 240 g/mol. The maximum Gasteiger partial charge on any atom is 0.226 e. The topological polar surface area (TPSA) is 66.6 Å². The largest absolute Gasteiger partial charge is 0.393 e. The SMILES string of the molecule is CC1CCC(N)CC1C(=O)N1C2CCC1CC(O)C2. The van der Waals surface area contributed by atoms with Crippen LogP contribution >= 0.6 is 0 Å². The number of fused-ring (bicyclic) bond motifs is 2. The van der Waals surface area contributed by atoms with Gasteiger partial charge >= 0.3 is 0 Å². The van der Waals surface area contributed by atoms with Gasteiger partial charge in [0.2, 0.25) is 5.91 Å². The Morgan fingerprint density at radius 1 is 1.11 bits per heavy atom. The fourth-order valence-corrected chi connectivity index (χ4v) is 4.40. The van der Waals surface area contributed by atoms with Crippen molar-refractivity contribution in [2.75, 3.05) is 0 Å². The Balaban J connectivity index is 1.73. The third-order valence-electron chi connectivity index (χ3n) is 5.52. The van der Waals surface area contributed by atoms with Crippen molar-refractivity contribution in [1.29, 1.82) is 0 Å². The summed E-state index contributed by atoms with van der Waals surface area (Å²) >= 11 is 0. The lowest BCUT2D eigenvalue weighted by Gasteiger charge is -2.42. The van der Waals surface area contributed by atoms with Crippen LogP contribution in [0.4, 0.5) is 0 Å². The van der Waals surface area contributed by atoms with E-state index in [4.69, 9.17) is 5.73 Å². The Morgan fingerprint density at radius 2 is 1.74 bits per heavy atom. The molecule has 1 amide bonds. The van der Waals surface area contributed by atoms with Crippen molar-refractivity contribution in [3.8, 4) is 0 Å². The fraction of sp³-hybridized carbons (Fsp3) is 0.933. The van der Waals surface area contributed by atoms with Gasteiger partial charge in [-0.05, 0) is 50.9 Å². The summed E-state index contributed by atoms with van der Waals surface area (Å²) in [6.45, 7) is 2.19. The smallest absolute Gasteiger partial charge is 0.226 e. The number of piperidine rings is 1. The van der Waals surface area contributed by atoms with Crippen LogP contribution in [0.5, 0.6) is 0 Å². The molecule has 1 saturated carbocycles. The van der Waals surface area contributed by atoms with Crippen molar-refractivity contribution in [3.05, 3.63) is 0 Å². The number of aliphatic hydroxyl groups excluding tert-OH is 1. The summed E-state index contributed by atoms with van der Waals surface area (Å²) in [5.74, 6) is 0.891. The zero-order valence-corrected chi connectivity index (χ0v) is 11.8. The summed E-state index contributed by atoms with van der Waals surface area (Å²) in [4.78, 5) is 15.0. The molecule has 3 aliphatic rings. The van der Waals surface area contributed by atoms with E-state index >= 15 is 0 Å². The first-order valence-corrected chi connectivity index (χ1v) is 7.82. The standard InChI is InChI=1S/C15H26N2O2/c1-9-2-3-10(16)6-14(9)15(19)17-11-4-5-12(17)8-13(18)7-11/h9-14,18H,2-8,16H2,1H3. The van der Waals surface area contributed by atoms with Crippen molar-refractivity contribution in [3.63, 3.8) is 0 Å². The molecule has 3 fully saturated rings. The monoisotopic (exact) mass is 266 g/mol. The minimum Gasteiger partial charge on any atom is -0.393 e. The van der Waals surface area contributed by atoms with Crippen LogP contribution in [-0.2, 0) is 4.79 Å². The third kappa shape index (κ3) is 2.40. The lowest BCUT2D eigenvalue weighted by atomic mass is 9.77. The minimum atomic E-state index is -0.201. The summed E-state index contributed by atoms with van der Waals surface area (Å²) in [5, 5.41) is 9.84. The van der Waals surface area contributed by atoms with Crippen LogP contribution in [-0.4, -0.2) is 40.1 Å². The predicted molar refractivity (Wildman–Crippen MR) is 73.4 cm³/mol. The molecule has 3 N–H and O–H groups in total. The predicted octanol–water partition coefficient (Wildman–Crippen LogP) is 1.26. The molecule has 4 nitrogen and oxygen atoms in total. The van der Waals surface area contributed by atoms with Crippen LogP contribution in [0.15, 0.2) is 0 Å². The van der Waals surface area contributed by atoms with E-state index in [9.17, 15) is 9.90 Å².